The van der Waals surface area contributed by atoms with Gasteiger partial charge in [-0.15, -0.1) is 0 Å². The molecular weight excluding hydrogens is 288 g/mol. The lowest BCUT2D eigenvalue weighted by Gasteiger charge is -2.12. The number of amides is 2. The minimum absolute atomic E-state index is 0.00182. The molecule has 1 aromatic rings. The molecule has 16 heavy (non-hydrogen) atoms. The Bertz CT molecular complexity index is 382. The number of hydrogen-bond donors (Lipinski definition) is 2. The van der Waals surface area contributed by atoms with Crippen LogP contribution in [0.5, 0.6) is 0 Å². The van der Waals surface area contributed by atoms with Crippen LogP contribution in [0.1, 0.15) is 11.6 Å². The van der Waals surface area contributed by atoms with Crippen molar-refractivity contribution in [2.45, 2.75) is 6.04 Å². The second-order valence-corrected chi connectivity index (χ2v) is 5.09. The summed E-state index contributed by atoms with van der Waals surface area (Å²) in [6.45, 7) is 1.42. The highest BCUT2D eigenvalue weighted by atomic mass is 79.9. The van der Waals surface area contributed by atoms with Crippen LogP contribution in [0.15, 0.2) is 28.7 Å². The van der Waals surface area contributed by atoms with E-state index in [1.54, 1.807) is 4.90 Å². The first-order chi connectivity index (χ1) is 7.70. The first kappa shape index (κ1) is 11.8. The summed E-state index contributed by atoms with van der Waals surface area (Å²) >= 11 is 7.53. The molecule has 0 aliphatic carbocycles. The standard InChI is InChI=1S/C11H13BrN2OS/c12-9-3-1-8(2-4-9)10-7-14(5-6-16)11(15)13-10/h1-4,10,16H,5-7H2,(H,13,15). The molecule has 1 atom stereocenters. The van der Waals surface area contributed by atoms with Crippen LogP contribution in [-0.2, 0) is 0 Å². The van der Waals surface area contributed by atoms with Crippen LogP contribution in [0.4, 0.5) is 4.79 Å². The van der Waals surface area contributed by atoms with E-state index in [0.717, 1.165) is 16.6 Å². The summed E-state index contributed by atoms with van der Waals surface area (Å²) in [7, 11) is 0. The molecule has 3 nitrogen and oxygen atoms in total. The predicted molar refractivity (Wildman–Crippen MR) is 70.8 cm³/mol. The van der Waals surface area contributed by atoms with Crippen LogP contribution in [0, 0.1) is 0 Å². The first-order valence-corrected chi connectivity index (χ1v) is 6.55. The Morgan fingerprint density at radius 3 is 2.75 bits per heavy atom. The summed E-state index contributed by atoms with van der Waals surface area (Å²) in [5, 5.41) is 2.96. The maximum atomic E-state index is 11.6. The summed E-state index contributed by atoms with van der Waals surface area (Å²) in [6, 6.07) is 8.13. The van der Waals surface area contributed by atoms with E-state index in [-0.39, 0.29) is 12.1 Å². The Morgan fingerprint density at radius 2 is 2.12 bits per heavy atom. The lowest BCUT2D eigenvalue weighted by atomic mass is 10.1. The monoisotopic (exact) mass is 300 g/mol. The zero-order chi connectivity index (χ0) is 11.5. The lowest BCUT2D eigenvalue weighted by molar-refractivity contribution is 0.220. The maximum Gasteiger partial charge on any atom is 0.318 e. The van der Waals surface area contributed by atoms with Gasteiger partial charge >= 0.3 is 6.03 Å². The molecule has 1 saturated heterocycles. The highest BCUT2D eigenvalue weighted by Crippen LogP contribution is 2.21. The van der Waals surface area contributed by atoms with Gasteiger partial charge in [0.2, 0.25) is 0 Å². The zero-order valence-corrected chi connectivity index (χ0v) is 11.2. The van der Waals surface area contributed by atoms with Gasteiger partial charge in [0, 0.05) is 23.3 Å². The van der Waals surface area contributed by atoms with Crippen molar-refractivity contribution in [1.29, 1.82) is 0 Å². The number of hydrogen-bond acceptors (Lipinski definition) is 2. The summed E-state index contributed by atoms with van der Waals surface area (Å²) in [6.07, 6.45) is 0. The van der Waals surface area contributed by atoms with E-state index < -0.39 is 0 Å². The van der Waals surface area contributed by atoms with Crippen molar-refractivity contribution in [3.8, 4) is 0 Å². The third-order valence-corrected chi connectivity index (χ3v) is 3.36. The van der Waals surface area contributed by atoms with E-state index >= 15 is 0 Å². The molecule has 0 aromatic heterocycles. The molecule has 1 N–H and O–H groups in total. The summed E-state index contributed by atoms with van der Waals surface area (Å²) in [4.78, 5) is 13.4. The SMILES string of the molecule is O=C1NC(c2ccc(Br)cc2)CN1CCS. The molecule has 2 rings (SSSR count). The smallest absolute Gasteiger partial charge is 0.318 e. The molecule has 0 spiro atoms. The van der Waals surface area contributed by atoms with Crippen LogP contribution >= 0.6 is 28.6 Å². The molecule has 0 bridgehead atoms. The number of nitrogens with one attached hydrogen (secondary N) is 1. The number of rotatable bonds is 3. The third-order valence-electron chi connectivity index (χ3n) is 2.63. The quantitative estimate of drug-likeness (QED) is 0.826. The molecule has 2 amide bonds. The molecule has 0 saturated carbocycles. The minimum atomic E-state index is 0.00182. The van der Waals surface area contributed by atoms with Gasteiger partial charge in [-0.3, -0.25) is 0 Å². The molecule has 5 heteroatoms. The van der Waals surface area contributed by atoms with Crippen LogP contribution in [0.25, 0.3) is 0 Å². The zero-order valence-electron chi connectivity index (χ0n) is 8.69. The van der Waals surface area contributed by atoms with Crippen molar-refractivity contribution in [2.24, 2.45) is 0 Å². The number of thiol groups is 1. The highest BCUT2D eigenvalue weighted by molar-refractivity contribution is 9.10. The molecule has 86 valence electrons. The van der Waals surface area contributed by atoms with Gasteiger partial charge in [-0.1, -0.05) is 28.1 Å². The van der Waals surface area contributed by atoms with Gasteiger partial charge in [-0.25, -0.2) is 4.79 Å². The normalized spacial score (nSPS) is 20.0. The van der Waals surface area contributed by atoms with Crippen LogP contribution < -0.4 is 5.32 Å². The second kappa shape index (κ2) is 5.10. The molecule has 1 unspecified atom stereocenters. The van der Waals surface area contributed by atoms with Crippen molar-refractivity contribution in [2.75, 3.05) is 18.8 Å². The average Bonchev–Trinajstić information content (AvgIpc) is 2.62. The molecule has 1 aliphatic rings. The van der Waals surface area contributed by atoms with Crippen molar-refractivity contribution in [3.63, 3.8) is 0 Å². The summed E-state index contributed by atoms with van der Waals surface area (Å²) < 4.78 is 1.05. The number of carbonyl (C=O) groups is 1. The third kappa shape index (κ3) is 2.52. The van der Waals surface area contributed by atoms with Crippen LogP contribution in [0.3, 0.4) is 0 Å². The number of benzene rings is 1. The average molecular weight is 301 g/mol. The predicted octanol–water partition coefficient (Wildman–Crippen LogP) is 2.45. The largest absolute Gasteiger partial charge is 0.329 e. The first-order valence-electron chi connectivity index (χ1n) is 5.12. The van der Waals surface area contributed by atoms with Gasteiger partial charge in [0.25, 0.3) is 0 Å². The fraction of sp³-hybridized carbons (Fsp3) is 0.364. The van der Waals surface area contributed by atoms with Gasteiger partial charge in [0.1, 0.15) is 0 Å². The number of nitrogens with zero attached hydrogens (tertiary/aromatic N) is 1. The van der Waals surface area contributed by atoms with Gasteiger partial charge in [0.05, 0.1) is 6.04 Å². The van der Waals surface area contributed by atoms with E-state index in [0.29, 0.717) is 12.3 Å². The summed E-state index contributed by atoms with van der Waals surface area (Å²) in [5.74, 6) is 0.695. The van der Waals surface area contributed by atoms with Crippen LogP contribution in [-0.4, -0.2) is 29.8 Å². The molecule has 1 fully saturated rings. The van der Waals surface area contributed by atoms with E-state index in [1.165, 1.54) is 0 Å². The van der Waals surface area contributed by atoms with Crippen molar-refractivity contribution >= 4 is 34.6 Å². The van der Waals surface area contributed by atoms with Gasteiger partial charge in [-0.05, 0) is 17.7 Å². The van der Waals surface area contributed by atoms with E-state index in [2.05, 4.69) is 33.9 Å². The Labute approximate surface area is 109 Å². The lowest BCUT2D eigenvalue weighted by Crippen LogP contribution is -2.29. The minimum Gasteiger partial charge on any atom is -0.329 e. The molecule has 1 heterocycles. The topological polar surface area (TPSA) is 32.3 Å². The number of halogens is 1. The molecule has 1 aliphatic heterocycles. The van der Waals surface area contributed by atoms with E-state index in [9.17, 15) is 4.79 Å². The fourth-order valence-electron chi connectivity index (χ4n) is 1.79. The number of urea groups is 1. The molecule has 1 aromatic carbocycles. The van der Waals surface area contributed by atoms with Gasteiger partial charge < -0.3 is 10.2 Å². The van der Waals surface area contributed by atoms with Crippen molar-refractivity contribution < 1.29 is 4.79 Å². The van der Waals surface area contributed by atoms with Gasteiger partial charge in [0.15, 0.2) is 0 Å². The fourth-order valence-corrected chi connectivity index (χ4v) is 2.29. The Morgan fingerprint density at radius 1 is 1.44 bits per heavy atom. The maximum absolute atomic E-state index is 11.6. The van der Waals surface area contributed by atoms with Crippen molar-refractivity contribution in [3.05, 3.63) is 34.3 Å². The molecular formula is C11H13BrN2OS. The summed E-state index contributed by atoms with van der Waals surface area (Å²) in [5.41, 5.74) is 1.14. The molecule has 0 radical (unpaired) electrons. The van der Waals surface area contributed by atoms with Crippen LogP contribution in [0.2, 0.25) is 0 Å². The Hall–Kier alpha value is -0.680. The van der Waals surface area contributed by atoms with E-state index in [1.807, 2.05) is 24.3 Å². The number of carbonyl (C=O) groups excluding carboxylic acids is 1. The van der Waals surface area contributed by atoms with Crippen molar-refractivity contribution in [1.82, 2.24) is 10.2 Å². The Balaban J connectivity index is 2.07. The highest BCUT2D eigenvalue weighted by Gasteiger charge is 2.28. The van der Waals surface area contributed by atoms with E-state index in [4.69, 9.17) is 0 Å². The second-order valence-electron chi connectivity index (χ2n) is 3.72. The Kier molecular flexibility index (Phi) is 3.76. The van der Waals surface area contributed by atoms with Gasteiger partial charge in [-0.2, -0.15) is 12.6 Å².